The van der Waals surface area contributed by atoms with Crippen molar-refractivity contribution in [3.8, 4) is 17.0 Å². The van der Waals surface area contributed by atoms with Gasteiger partial charge in [0.25, 0.3) is 0 Å². The van der Waals surface area contributed by atoms with Crippen molar-refractivity contribution in [3.63, 3.8) is 0 Å². The number of rotatable bonds is 5. The SMILES string of the molecule is C=Cc1cc(-c2ccc(OCc3ccccc3)nc2)ccc1C. The highest BCUT2D eigenvalue weighted by Crippen LogP contribution is 2.24. The van der Waals surface area contributed by atoms with Crippen LogP contribution in [0.3, 0.4) is 0 Å². The van der Waals surface area contributed by atoms with Crippen LogP contribution in [-0.4, -0.2) is 4.98 Å². The Morgan fingerprint density at radius 2 is 1.78 bits per heavy atom. The van der Waals surface area contributed by atoms with Crippen LogP contribution in [0.15, 0.2) is 73.4 Å². The minimum absolute atomic E-state index is 0.526. The van der Waals surface area contributed by atoms with E-state index in [0.717, 1.165) is 22.3 Å². The lowest BCUT2D eigenvalue weighted by Gasteiger charge is -2.08. The molecule has 0 aliphatic carbocycles. The number of hydrogen-bond donors (Lipinski definition) is 0. The van der Waals surface area contributed by atoms with Gasteiger partial charge in [0.05, 0.1) is 0 Å². The van der Waals surface area contributed by atoms with Crippen LogP contribution in [0.25, 0.3) is 17.2 Å². The van der Waals surface area contributed by atoms with Gasteiger partial charge in [-0.3, -0.25) is 0 Å². The fraction of sp³-hybridized carbons (Fsp3) is 0.0952. The average molecular weight is 301 g/mol. The molecule has 0 saturated carbocycles. The Kier molecular flexibility index (Phi) is 4.53. The fourth-order valence-electron chi connectivity index (χ4n) is 2.41. The van der Waals surface area contributed by atoms with Crippen molar-refractivity contribution in [2.45, 2.75) is 13.5 Å². The lowest BCUT2D eigenvalue weighted by Crippen LogP contribution is -1.96. The second-order valence-electron chi connectivity index (χ2n) is 5.43. The molecule has 1 aromatic heterocycles. The van der Waals surface area contributed by atoms with Crippen molar-refractivity contribution in [2.24, 2.45) is 0 Å². The predicted molar refractivity (Wildman–Crippen MR) is 95.3 cm³/mol. The molecule has 0 saturated heterocycles. The zero-order chi connectivity index (χ0) is 16.1. The summed E-state index contributed by atoms with van der Waals surface area (Å²) in [5.74, 6) is 0.633. The van der Waals surface area contributed by atoms with Gasteiger partial charge in [-0.25, -0.2) is 4.98 Å². The molecular formula is C21H19NO. The molecular weight excluding hydrogens is 282 g/mol. The van der Waals surface area contributed by atoms with Gasteiger partial charge in [-0.05, 0) is 41.3 Å². The molecule has 2 nitrogen and oxygen atoms in total. The minimum Gasteiger partial charge on any atom is -0.473 e. The van der Waals surface area contributed by atoms with Crippen molar-refractivity contribution < 1.29 is 4.74 Å². The highest BCUT2D eigenvalue weighted by Gasteiger charge is 2.03. The first-order valence-electron chi connectivity index (χ1n) is 7.62. The van der Waals surface area contributed by atoms with Gasteiger partial charge in [0, 0.05) is 17.8 Å². The first-order chi connectivity index (χ1) is 11.3. The van der Waals surface area contributed by atoms with E-state index in [-0.39, 0.29) is 0 Å². The molecule has 114 valence electrons. The minimum atomic E-state index is 0.526. The lowest BCUT2D eigenvalue weighted by molar-refractivity contribution is 0.294. The van der Waals surface area contributed by atoms with E-state index < -0.39 is 0 Å². The van der Waals surface area contributed by atoms with Gasteiger partial charge >= 0.3 is 0 Å². The molecule has 0 spiro atoms. The summed E-state index contributed by atoms with van der Waals surface area (Å²) in [6.07, 6.45) is 3.72. The third-order valence-electron chi connectivity index (χ3n) is 3.80. The van der Waals surface area contributed by atoms with Crippen LogP contribution in [-0.2, 0) is 6.61 Å². The van der Waals surface area contributed by atoms with Gasteiger partial charge in [0.1, 0.15) is 6.61 Å². The largest absolute Gasteiger partial charge is 0.473 e. The van der Waals surface area contributed by atoms with Crippen LogP contribution in [0.5, 0.6) is 5.88 Å². The fourth-order valence-corrected chi connectivity index (χ4v) is 2.41. The Morgan fingerprint density at radius 3 is 2.48 bits per heavy atom. The number of hydrogen-bond acceptors (Lipinski definition) is 2. The van der Waals surface area contributed by atoms with Crippen LogP contribution >= 0.6 is 0 Å². The van der Waals surface area contributed by atoms with Gasteiger partial charge in [-0.2, -0.15) is 0 Å². The molecule has 2 aromatic carbocycles. The van der Waals surface area contributed by atoms with Crippen LogP contribution in [0, 0.1) is 6.92 Å². The smallest absolute Gasteiger partial charge is 0.213 e. The number of nitrogens with zero attached hydrogens (tertiary/aromatic N) is 1. The van der Waals surface area contributed by atoms with Crippen molar-refractivity contribution in [1.29, 1.82) is 0 Å². The van der Waals surface area contributed by atoms with Crippen LogP contribution < -0.4 is 4.74 Å². The van der Waals surface area contributed by atoms with Crippen LogP contribution in [0.1, 0.15) is 16.7 Å². The summed E-state index contributed by atoms with van der Waals surface area (Å²) in [7, 11) is 0. The summed E-state index contributed by atoms with van der Waals surface area (Å²) in [4.78, 5) is 4.40. The number of benzene rings is 2. The number of pyridine rings is 1. The standard InChI is InChI=1S/C21H19NO/c1-3-18-13-19(10-9-16(18)2)20-11-12-21(22-14-20)23-15-17-7-5-4-6-8-17/h3-14H,1,15H2,2H3. The molecule has 1 heterocycles. The molecule has 0 fully saturated rings. The average Bonchev–Trinajstić information content (AvgIpc) is 2.62. The molecule has 0 aliphatic rings. The van der Waals surface area contributed by atoms with Crippen LogP contribution in [0.2, 0.25) is 0 Å². The Hall–Kier alpha value is -2.87. The maximum Gasteiger partial charge on any atom is 0.213 e. The maximum atomic E-state index is 5.72. The quantitative estimate of drug-likeness (QED) is 0.639. The normalized spacial score (nSPS) is 10.3. The van der Waals surface area contributed by atoms with Gasteiger partial charge in [-0.15, -0.1) is 0 Å². The molecule has 3 rings (SSSR count). The van der Waals surface area contributed by atoms with E-state index in [0.29, 0.717) is 12.5 Å². The van der Waals surface area contributed by atoms with E-state index in [2.05, 4.69) is 36.7 Å². The summed E-state index contributed by atoms with van der Waals surface area (Å²) >= 11 is 0. The monoisotopic (exact) mass is 301 g/mol. The molecule has 0 bridgehead atoms. The molecule has 2 heteroatoms. The topological polar surface area (TPSA) is 22.1 Å². The number of aromatic nitrogens is 1. The molecule has 0 unspecified atom stereocenters. The Balaban J connectivity index is 1.73. The van der Waals surface area contributed by atoms with Gasteiger partial charge < -0.3 is 4.74 Å². The summed E-state index contributed by atoms with van der Waals surface area (Å²) in [5.41, 5.74) is 5.70. The highest BCUT2D eigenvalue weighted by molar-refractivity contribution is 5.68. The number of ether oxygens (including phenoxy) is 1. The Morgan fingerprint density at radius 1 is 1.00 bits per heavy atom. The summed E-state index contributed by atoms with van der Waals surface area (Å²) in [6.45, 7) is 6.47. The summed E-state index contributed by atoms with van der Waals surface area (Å²) in [6, 6.07) is 20.4. The summed E-state index contributed by atoms with van der Waals surface area (Å²) in [5, 5.41) is 0. The van der Waals surface area contributed by atoms with Crippen molar-refractivity contribution in [1.82, 2.24) is 4.98 Å². The molecule has 0 radical (unpaired) electrons. The molecule has 23 heavy (non-hydrogen) atoms. The molecule has 0 atom stereocenters. The van der Waals surface area contributed by atoms with E-state index in [1.807, 2.05) is 54.7 Å². The van der Waals surface area contributed by atoms with Gasteiger partial charge in [-0.1, -0.05) is 55.1 Å². The van der Waals surface area contributed by atoms with Crippen molar-refractivity contribution in [2.75, 3.05) is 0 Å². The van der Waals surface area contributed by atoms with E-state index in [9.17, 15) is 0 Å². The Labute approximate surface area is 137 Å². The van der Waals surface area contributed by atoms with E-state index in [1.54, 1.807) is 0 Å². The lowest BCUT2D eigenvalue weighted by atomic mass is 10.0. The molecule has 3 aromatic rings. The molecule has 0 amide bonds. The molecule has 0 aliphatic heterocycles. The van der Waals surface area contributed by atoms with Gasteiger partial charge in [0.15, 0.2) is 0 Å². The predicted octanol–water partition coefficient (Wildman–Crippen LogP) is 5.28. The Bertz CT molecular complexity index is 792. The second-order valence-corrected chi connectivity index (χ2v) is 5.43. The van der Waals surface area contributed by atoms with Gasteiger partial charge in [0.2, 0.25) is 5.88 Å². The van der Waals surface area contributed by atoms with E-state index >= 15 is 0 Å². The first-order valence-corrected chi connectivity index (χ1v) is 7.62. The first kappa shape index (κ1) is 15.0. The second kappa shape index (κ2) is 6.93. The highest BCUT2D eigenvalue weighted by atomic mass is 16.5. The van der Waals surface area contributed by atoms with Crippen molar-refractivity contribution >= 4 is 6.08 Å². The van der Waals surface area contributed by atoms with Crippen LogP contribution in [0.4, 0.5) is 0 Å². The van der Waals surface area contributed by atoms with E-state index in [4.69, 9.17) is 4.74 Å². The third-order valence-corrected chi connectivity index (χ3v) is 3.80. The van der Waals surface area contributed by atoms with Crippen molar-refractivity contribution in [3.05, 3.63) is 90.1 Å². The number of aryl methyl sites for hydroxylation is 1. The zero-order valence-corrected chi connectivity index (χ0v) is 13.2. The third kappa shape index (κ3) is 3.67. The van der Waals surface area contributed by atoms with E-state index in [1.165, 1.54) is 5.56 Å². The zero-order valence-electron chi connectivity index (χ0n) is 13.2. The maximum absolute atomic E-state index is 5.72. The summed E-state index contributed by atoms with van der Waals surface area (Å²) < 4.78 is 5.72. The molecule has 0 N–H and O–H groups in total.